The molecule has 2 aromatic heterocycles. The number of hydrogen-bond donors (Lipinski definition) is 0. The first kappa shape index (κ1) is 17.2. The van der Waals surface area contributed by atoms with E-state index in [2.05, 4.69) is 24.9 Å². The van der Waals surface area contributed by atoms with Crippen LogP contribution in [0, 0.1) is 0 Å². The molecule has 2 heterocycles. The molecule has 0 spiro atoms. The molecule has 0 aliphatic heterocycles. The number of aromatic nitrogens is 4. The van der Waals surface area contributed by atoms with Crippen molar-refractivity contribution in [3.63, 3.8) is 0 Å². The summed E-state index contributed by atoms with van der Waals surface area (Å²) in [7, 11) is 1.39. The molecule has 6 nitrogen and oxygen atoms in total. The van der Waals surface area contributed by atoms with Gasteiger partial charge >= 0.3 is 6.18 Å². The minimum atomic E-state index is -4.51. The number of nitrogens with zero attached hydrogens (tertiary/aromatic N) is 5. The Labute approximate surface area is 135 Å². The summed E-state index contributed by atoms with van der Waals surface area (Å²) in [5, 5.41) is 3.90. The number of alkyl halides is 3. The fourth-order valence-corrected chi connectivity index (χ4v) is 1.92. The molecular weight excluding hydrogens is 335 g/mol. The summed E-state index contributed by atoms with van der Waals surface area (Å²) < 4.78 is 39.9. The highest BCUT2D eigenvalue weighted by Gasteiger charge is 2.34. The lowest BCUT2D eigenvalue weighted by Crippen LogP contribution is -2.07. The average molecular weight is 348 g/mol. The summed E-state index contributed by atoms with van der Waals surface area (Å²) >= 11 is 5.69. The van der Waals surface area contributed by atoms with Gasteiger partial charge in [-0.3, -0.25) is 0 Å². The van der Waals surface area contributed by atoms with Crippen LogP contribution < -0.4 is 0 Å². The predicted octanol–water partition coefficient (Wildman–Crippen LogP) is 2.96. The average Bonchev–Trinajstić information content (AvgIpc) is 2.89. The lowest BCUT2D eigenvalue weighted by Gasteiger charge is -2.05. The Bertz CT molecular complexity index is 669. The van der Waals surface area contributed by atoms with Crippen LogP contribution in [0.3, 0.4) is 0 Å². The first-order chi connectivity index (χ1) is 10.9. The van der Waals surface area contributed by atoms with E-state index < -0.39 is 11.9 Å². The quantitative estimate of drug-likeness (QED) is 0.595. The van der Waals surface area contributed by atoms with Crippen molar-refractivity contribution in [2.75, 3.05) is 7.11 Å². The van der Waals surface area contributed by atoms with E-state index in [0.29, 0.717) is 17.3 Å². The zero-order valence-electron chi connectivity index (χ0n) is 12.1. The predicted molar refractivity (Wildman–Crippen MR) is 77.2 cm³/mol. The summed E-state index contributed by atoms with van der Waals surface area (Å²) in [4.78, 5) is 16.1. The molecule has 2 rings (SSSR count). The monoisotopic (exact) mass is 347 g/mol. The third-order valence-electron chi connectivity index (χ3n) is 2.81. The Morgan fingerprint density at radius 2 is 2.04 bits per heavy atom. The second-order valence-electron chi connectivity index (χ2n) is 4.49. The normalized spacial score (nSPS) is 12.0. The van der Waals surface area contributed by atoms with Crippen LogP contribution in [0.5, 0.6) is 0 Å². The van der Waals surface area contributed by atoms with Gasteiger partial charge in [0.25, 0.3) is 0 Å². The van der Waals surface area contributed by atoms with E-state index in [1.807, 2.05) is 0 Å². The van der Waals surface area contributed by atoms with Gasteiger partial charge in [-0.2, -0.15) is 13.2 Å². The second kappa shape index (κ2) is 7.40. The molecule has 0 amide bonds. The molecular formula is C13H13ClF3N5O. The van der Waals surface area contributed by atoms with Crippen molar-refractivity contribution in [1.82, 2.24) is 19.5 Å². The van der Waals surface area contributed by atoms with Gasteiger partial charge in [-0.05, 0) is 6.42 Å². The van der Waals surface area contributed by atoms with E-state index in [-0.39, 0.29) is 18.8 Å². The van der Waals surface area contributed by atoms with E-state index in [0.717, 1.165) is 6.20 Å². The van der Waals surface area contributed by atoms with Gasteiger partial charge in [0.05, 0.1) is 11.6 Å². The highest BCUT2D eigenvalue weighted by molar-refractivity contribution is 6.30. The van der Waals surface area contributed by atoms with Gasteiger partial charge in [-0.15, -0.1) is 0 Å². The maximum atomic E-state index is 12.8. The first-order valence-electron chi connectivity index (χ1n) is 6.55. The van der Waals surface area contributed by atoms with Gasteiger partial charge in [-0.25, -0.2) is 15.0 Å². The zero-order chi connectivity index (χ0) is 16.9. The minimum Gasteiger partial charge on any atom is -0.399 e. The molecule has 10 heteroatoms. The van der Waals surface area contributed by atoms with Crippen LogP contribution in [0.1, 0.15) is 23.8 Å². The first-order valence-corrected chi connectivity index (χ1v) is 6.92. The molecule has 0 aromatic carbocycles. The van der Waals surface area contributed by atoms with Crippen LogP contribution >= 0.6 is 11.6 Å². The molecule has 23 heavy (non-hydrogen) atoms. The SMILES string of the molecule is CO/N=C/CCc1nc(C(F)(F)F)cn1Cc1ncc(Cl)cn1. The third kappa shape index (κ3) is 4.92. The van der Waals surface area contributed by atoms with Gasteiger partial charge in [0.2, 0.25) is 0 Å². The molecule has 0 bridgehead atoms. The summed E-state index contributed by atoms with van der Waals surface area (Å²) in [6, 6.07) is 0. The van der Waals surface area contributed by atoms with Crippen molar-refractivity contribution in [2.45, 2.75) is 25.6 Å². The maximum Gasteiger partial charge on any atom is 0.434 e. The molecule has 0 radical (unpaired) electrons. The molecule has 0 aliphatic carbocycles. The van der Waals surface area contributed by atoms with Crippen molar-refractivity contribution in [1.29, 1.82) is 0 Å². The molecule has 0 N–H and O–H groups in total. The van der Waals surface area contributed by atoms with Gasteiger partial charge in [0.1, 0.15) is 18.8 Å². The molecule has 0 saturated carbocycles. The fourth-order valence-electron chi connectivity index (χ4n) is 1.82. The van der Waals surface area contributed by atoms with Gasteiger partial charge in [0.15, 0.2) is 5.69 Å². The summed E-state index contributed by atoms with van der Waals surface area (Å²) in [6.07, 6.45) is 1.33. The third-order valence-corrected chi connectivity index (χ3v) is 3.01. The van der Waals surface area contributed by atoms with Crippen molar-refractivity contribution in [3.05, 3.63) is 41.0 Å². The van der Waals surface area contributed by atoms with E-state index in [1.165, 1.54) is 30.3 Å². The van der Waals surface area contributed by atoms with Crippen LogP contribution in [0.25, 0.3) is 0 Å². The number of rotatable bonds is 6. The van der Waals surface area contributed by atoms with E-state index in [1.54, 1.807) is 0 Å². The Balaban J connectivity index is 2.22. The molecule has 124 valence electrons. The number of halogens is 4. The summed E-state index contributed by atoms with van der Waals surface area (Å²) in [6.45, 7) is 0.0665. The number of imidazole rings is 1. The van der Waals surface area contributed by atoms with Crippen molar-refractivity contribution < 1.29 is 18.0 Å². The maximum absolute atomic E-state index is 12.8. The minimum absolute atomic E-state index is 0.0665. The highest BCUT2D eigenvalue weighted by Crippen LogP contribution is 2.28. The van der Waals surface area contributed by atoms with Crippen LogP contribution in [0.2, 0.25) is 5.02 Å². The van der Waals surface area contributed by atoms with E-state index in [4.69, 9.17) is 11.6 Å². The molecule has 2 aromatic rings. The smallest absolute Gasteiger partial charge is 0.399 e. The summed E-state index contributed by atoms with van der Waals surface area (Å²) in [5.41, 5.74) is -0.954. The number of aryl methyl sites for hydroxylation is 1. The Morgan fingerprint density at radius 3 is 2.65 bits per heavy atom. The Morgan fingerprint density at radius 1 is 1.35 bits per heavy atom. The number of hydrogen-bond acceptors (Lipinski definition) is 5. The largest absolute Gasteiger partial charge is 0.434 e. The molecule has 0 atom stereocenters. The van der Waals surface area contributed by atoms with Crippen LogP contribution in [-0.4, -0.2) is 32.8 Å². The lowest BCUT2D eigenvalue weighted by atomic mass is 10.3. The fraction of sp³-hybridized carbons (Fsp3) is 0.385. The summed E-state index contributed by atoms with van der Waals surface area (Å²) in [5.74, 6) is 0.603. The van der Waals surface area contributed by atoms with Crippen LogP contribution in [-0.2, 0) is 24.0 Å². The van der Waals surface area contributed by atoms with Gasteiger partial charge < -0.3 is 9.40 Å². The lowest BCUT2D eigenvalue weighted by molar-refractivity contribution is -0.141. The number of oxime groups is 1. The second-order valence-corrected chi connectivity index (χ2v) is 4.93. The van der Waals surface area contributed by atoms with E-state index >= 15 is 0 Å². The molecule has 0 unspecified atom stereocenters. The highest BCUT2D eigenvalue weighted by atomic mass is 35.5. The molecule has 0 aliphatic rings. The topological polar surface area (TPSA) is 65.2 Å². The van der Waals surface area contributed by atoms with Crippen LogP contribution in [0.4, 0.5) is 13.2 Å². The standard InChI is InChI=1S/C13H13ClF3N5O/c1-23-20-4-2-3-12-21-10(13(15,16)17)7-22(12)8-11-18-5-9(14)6-19-11/h4-7H,2-3,8H2,1H3/b20-4+. The van der Waals surface area contributed by atoms with Gasteiger partial charge in [-0.1, -0.05) is 16.8 Å². The van der Waals surface area contributed by atoms with Crippen molar-refractivity contribution >= 4 is 17.8 Å². The van der Waals surface area contributed by atoms with Gasteiger partial charge in [0, 0.05) is 31.2 Å². The molecule has 0 fully saturated rings. The Hall–Kier alpha value is -2.16. The Kier molecular flexibility index (Phi) is 5.54. The van der Waals surface area contributed by atoms with Crippen molar-refractivity contribution in [2.24, 2.45) is 5.16 Å². The molecule has 0 saturated heterocycles. The van der Waals surface area contributed by atoms with E-state index in [9.17, 15) is 13.2 Å². The van der Waals surface area contributed by atoms with Crippen molar-refractivity contribution in [3.8, 4) is 0 Å². The zero-order valence-corrected chi connectivity index (χ0v) is 12.8. The van der Waals surface area contributed by atoms with Crippen LogP contribution in [0.15, 0.2) is 23.7 Å².